The van der Waals surface area contributed by atoms with Crippen LogP contribution >= 0.6 is 0 Å². The van der Waals surface area contributed by atoms with Crippen molar-refractivity contribution in [3.8, 4) is 17.7 Å². The normalized spacial score (nSPS) is 10.9. The molecule has 0 amide bonds. The van der Waals surface area contributed by atoms with Gasteiger partial charge >= 0.3 is 6.18 Å². The van der Waals surface area contributed by atoms with Crippen molar-refractivity contribution in [1.82, 2.24) is 9.97 Å². The van der Waals surface area contributed by atoms with Crippen LogP contribution in [0.4, 0.5) is 19.1 Å². The summed E-state index contributed by atoms with van der Waals surface area (Å²) in [6.07, 6.45) is -4.66. The Bertz CT molecular complexity index is 679. The van der Waals surface area contributed by atoms with Gasteiger partial charge in [-0.15, -0.1) is 0 Å². The highest BCUT2D eigenvalue weighted by Crippen LogP contribution is 2.31. The smallest absolute Gasteiger partial charge is 0.433 e. The maximum Gasteiger partial charge on any atom is 0.433 e. The highest BCUT2D eigenvalue weighted by molar-refractivity contribution is 5.44. The Morgan fingerprint density at radius 3 is 2.55 bits per heavy atom. The predicted molar refractivity (Wildman–Crippen MR) is 62.7 cm³/mol. The second-order valence-corrected chi connectivity index (χ2v) is 3.66. The van der Waals surface area contributed by atoms with E-state index in [0.717, 1.165) is 0 Å². The van der Waals surface area contributed by atoms with Gasteiger partial charge in [-0.3, -0.25) is 0 Å². The molecule has 0 bridgehead atoms. The molecule has 0 unspecified atom stereocenters. The molecule has 0 saturated carbocycles. The number of anilines is 1. The molecule has 8 heteroatoms. The first-order chi connectivity index (χ1) is 9.40. The molecule has 0 aliphatic carbocycles. The third-order valence-corrected chi connectivity index (χ3v) is 2.23. The molecule has 2 N–H and O–H groups in total. The van der Waals surface area contributed by atoms with E-state index in [1.54, 1.807) is 12.1 Å². The van der Waals surface area contributed by atoms with Crippen LogP contribution in [0.15, 0.2) is 30.3 Å². The van der Waals surface area contributed by atoms with Crippen molar-refractivity contribution in [3.63, 3.8) is 0 Å². The molecule has 102 valence electrons. The van der Waals surface area contributed by atoms with Crippen molar-refractivity contribution in [1.29, 1.82) is 5.26 Å². The highest BCUT2D eigenvalue weighted by atomic mass is 19.4. The summed E-state index contributed by atoms with van der Waals surface area (Å²) in [5.74, 6) is -0.863. The van der Waals surface area contributed by atoms with Gasteiger partial charge in [-0.05, 0) is 12.1 Å². The summed E-state index contributed by atoms with van der Waals surface area (Å²) in [4.78, 5) is 6.64. The summed E-state index contributed by atoms with van der Waals surface area (Å²) in [5.41, 5.74) is 4.16. The summed E-state index contributed by atoms with van der Waals surface area (Å²) in [5, 5.41) is 8.87. The number of ether oxygens (including phenoxy) is 1. The second kappa shape index (κ2) is 5.05. The number of hydrogen-bond acceptors (Lipinski definition) is 5. The lowest BCUT2D eigenvalue weighted by molar-refractivity contribution is -0.141. The molecule has 0 saturated heterocycles. The fourth-order valence-electron chi connectivity index (χ4n) is 1.40. The largest absolute Gasteiger partial charge is 0.437 e. The van der Waals surface area contributed by atoms with Crippen molar-refractivity contribution in [2.24, 2.45) is 0 Å². The van der Waals surface area contributed by atoms with Gasteiger partial charge in [0, 0.05) is 6.07 Å². The molecular formula is C12H7F3N4O. The van der Waals surface area contributed by atoms with Crippen molar-refractivity contribution in [3.05, 3.63) is 41.6 Å². The van der Waals surface area contributed by atoms with Crippen molar-refractivity contribution >= 4 is 5.95 Å². The van der Waals surface area contributed by atoms with Gasteiger partial charge in [0.25, 0.3) is 0 Å². The molecule has 0 atom stereocenters. The molecular weight excluding hydrogens is 273 g/mol. The molecule has 1 aromatic heterocycles. The van der Waals surface area contributed by atoms with E-state index in [9.17, 15) is 13.2 Å². The number of aromatic nitrogens is 2. The van der Waals surface area contributed by atoms with Gasteiger partial charge in [0.05, 0.1) is 5.56 Å². The predicted octanol–water partition coefficient (Wildman–Crippen LogP) is 2.74. The molecule has 5 nitrogen and oxygen atoms in total. The molecule has 20 heavy (non-hydrogen) atoms. The Kier molecular flexibility index (Phi) is 3.43. The fourth-order valence-corrected chi connectivity index (χ4v) is 1.40. The Morgan fingerprint density at radius 2 is 1.90 bits per heavy atom. The number of para-hydroxylation sites is 1. The zero-order valence-corrected chi connectivity index (χ0v) is 9.85. The first-order valence-electron chi connectivity index (χ1n) is 5.29. The average molecular weight is 280 g/mol. The first-order valence-corrected chi connectivity index (χ1v) is 5.29. The minimum absolute atomic E-state index is 0.0845. The lowest BCUT2D eigenvalue weighted by atomic mass is 10.2. The highest BCUT2D eigenvalue weighted by Gasteiger charge is 2.33. The van der Waals surface area contributed by atoms with E-state index in [-0.39, 0.29) is 17.2 Å². The monoisotopic (exact) mass is 280 g/mol. The maximum atomic E-state index is 12.6. The van der Waals surface area contributed by atoms with Crippen LogP contribution in [-0.4, -0.2) is 9.97 Å². The van der Waals surface area contributed by atoms with Crippen LogP contribution in [0.1, 0.15) is 11.3 Å². The minimum Gasteiger partial charge on any atom is -0.437 e. The molecule has 2 aromatic rings. The summed E-state index contributed by atoms with van der Waals surface area (Å²) in [6.45, 7) is 0. The van der Waals surface area contributed by atoms with Gasteiger partial charge in [-0.1, -0.05) is 12.1 Å². The van der Waals surface area contributed by atoms with Crippen LogP contribution in [0.5, 0.6) is 11.6 Å². The second-order valence-electron chi connectivity index (χ2n) is 3.66. The van der Waals surface area contributed by atoms with Crippen LogP contribution in [0.2, 0.25) is 0 Å². The molecule has 2 rings (SSSR count). The van der Waals surface area contributed by atoms with Crippen LogP contribution in [0, 0.1) is 11.3 Å². The third-order valence-electron chi connectivity index (χ3n) is 2.23. The van der Waals surface area contributed by atoms with Crippen LogP contribution in [0.25, 0.3) is 0 Å². The molecule has 0 aliphatic heterocycles. The van der Waals surface area contributed by atoms with E-state index >= 15 is 0 Å². The first kappa shape index (κ1) is 13.6. The number of halogens is 3. The molecule has 0 aliphatic rings. The van der Waals surface area contributed by atoms with Gasteiger partial charge in [-0.25, -0.2) is 4.98 Å². The number of hydrogen-bond donors (Lipinski definition) is 1. The Labute approximate surface area is 111 Å². The fraction of sp³-hybridized carbons (Fsp3) is 0.0833. The number of alkyl halides is 3. The number of nitrogens with zero attached hydrogens (tertiary/aromatic N) is 3. The van der Waals surface area contributed by atoms with Crippen LogP contribution < -0.4 is 10.5 Å². The lowest BCUT2D eigenvalue weighted by Crippen LogP contribution is -2.11. The maximum absolute atomic E-state index is 12.6. The molecule has 0 fully saturated rings. The molecule has 1 heterocycles. The standard InChI is InChI=1S/C12H7F3N4O/c13-12(14,15)9-5-10(19-11(17)18-9)20-8-4-2-1-3-7(8)6-16/h1-5H,(H2,17,18,19). The number of benzene rings is 1. The SMILES string of the molecule is N#Cc1ccccc1Oc1cc(C(F)(F)F)nc(N)n1. The van der Waals surface area contributed by atoms with Gasteiger partial charge < -0.3 is 10.5 Å². The molecule has 1 aromatic carbocycles. The van der Waals surface area contributed by atoms with E-state index in [1.807, 2.05) is 6.07 Å². The van der Waals surface area contributed by atoms with Gasteiger partial charge in [0.15, 0.2) is 5.69 Å². The zero-order chi connectivity index (χ0) is 14.8. The zero-order valence-electron chi connectivity index (χ0n) is 9.85. The topological polar surface area (TPSA) is 84.8 Å². The van der Waals surface area contributed by atoms with Crippen LogP contribution in [-0.2, 0) is 6.18 Å². The molecule has 0 spiro atoms. The summed E-state index contributed by atoms with van der Waals surface area (Å²) in [6, 6.07) is 8.54. The van der Waals surface area contributed by atoms with E-state index in [0.29, 0.717) is 6.07 Å². The van der Waals surface area contributed by atoms with Crippen molar-refractivity contribution in [2.45, 2.75) is 6.18 Å². The summed E-state index contributed by atoms with van der Waals surface area (Å²) >= 11 is 0. The van der Waals surface area contributed by atoms with Crippen molar-refractivity contribution in [2.75, 3.05) is 5.73 Å². The average Bonchev–Trinajstić information content (AvgIpc) is 2.37. The Balaban J connectivity index is 2.40. The Hall–Kier alpha value is -2.82. The van der Waals surface area contributed by atoms with Gasteiger partial charge in [-0.2, -0.15) is 23.4 Å². The van der Waals surface area contributed by atoms with E-state index < -0.39 is 17.8 Å². The van der Waals surface area contributed by atoms with Crippen LogP contribution in [0.3, 0.4) is 0 Å². The van der Waals surface area contributed by atoms with E-state index in [1.165, 1.54) is 12.1 Å². The minimum atomic E-state index is -4.66. The lowest BCUT2D eigenvalue weighted by Gasteiger charge is -2.10. The van der Waals surface area contributed by atoms with E-state index in [4.69, 9.17) is 15.7 Å². The van der Waals surface area contributed by atoms with Gasteiger partial charge in [0.2, 0.25) is 11.8 Å². The number of nitrogen functional groups attached to an aromatic ring is 1. The number of rotatable bonds is 2. The number of nitriles is 1. The van der Waals surface area contributed by atoms with E-state index in [2.05, 4.69) is 9.97 Å². The number of nitrogens with two attached hydrogens (primary N) is 1. The molecule has 0 radical (unpaired) electrons. The summed E-state index contributed by atoms with van der Waals surface area (Å²) < 4.78 is 42.9. The van der Waals surface area contributed by atoms with Crippen molar-refractivity contribution < 1.29 is 17.9 Å². The summed E-state index contributed by atoms with van der Waals surface area (Å²) in [7, 11) is 0. The third kappa shape index (κ3) is 2.95. The van der Waals surface area contributed by atoms with Gasteiger partial charge in [0.1, 0.15) is 11.8 Å². The quantitative estimate of drug-likeness (QED) is 0.914. The Morgan fingerprint density at radius 1 is 1.20 bits per heavy atom.